The summed E-state index contributed by atoms with van der Waals surface area (Å²) in [7, 11) is 1.84. The summed E-state index contributed by atoms with van der Waals surface area (Å²) in [4.78, 5) is 11.7. The van der Waals surface area contributed by atoms with Gasteiger partial charge in [0.25, 0.3) is 0 Å². The number of nitrogen functional groups attached to an aromatic ring is 1. The SMILES string of the molecule is Cn1cnnc1CNC(=O)CCc1cccc(N)c1. The van der Waals surface area contributed by atoms with Crippen molar-refractivity contribution in [3.8, 4) is 0 Å². The maximum absolute atomic E-state index is 11.7. The van der Waals surface area contributed by atoms with Crippen molar-refractivity contribution < 1.29 is 4.79 Å². The number of hydrogen-bond donors (Lipinski definition) is 2. The van der Waals surface area contributed by atoms with Crippen LogP contribution in [0.15, 0.2) is 30.6 Å². The molecule has 1 aromatic carbocycles. The number of aryl methyl sites for hydroxylation is 2. The fourth-order valence-electron chi connectivity index (χ4n) is 1.74. The van der Waals surface area contributed by atoms with E-state index in [0.29, 0.717) is 19.4 Å². The first-order valence-corrected chi connectivity index (χ1v) is 6.09. The average Bonchev–Trinajstić information content (AvgIpc) is 2.80. The number of rotatable bonds is 5. The van der Waals surface area contributed by atoms with Crippen LogP contribution in [-0.2, 0) is 24.8 Å². The molecule has 1 aromatic heterocycles. The molecule has 0 atom stereocenters. The second-order valence-electron chi connectivity index (χ2n) is 4.38. The van der Waals surface area contributed by atoms with E-state index in [1.807, 2.05) is 31.3 Å². The molecule has 0 saturated carbocycles. The van der Waals surface area contributed by atoms with Crippen molar-refractivity contribution in [2.75, 3.05) is 5.73 Å². The Labute approximate surface area is 111 Å². The molecule has 19 heavy (non-hydrogen) atoms. The number of amides is 1. The summed E-state index contributed by atoms with van der Waals surface area (Å²) < 4.78 is 1.78. The van der Waals surface area contributed by atoms with E-state index < -0.39 is 0 Å². The summed E-state index contributed by atoms with van der Waals surface area (Å²) in [6.45, 7) is 0.395. The van der Waals surface area contributed by atoms with Gasteiger partial charge in [-0.3, -0.25) is 4.79 Å². The Bertz CT molecular complexity index is 564. The Hall–Kier alpha value is -2.37. The minimum absolute atomic E-state index is 0.00887. The van der Waals surface area contributed by atoms with E-state index in [1.165, 1.54) is 0 Å². The van der Waals surface area contributed by atoms with Crippen LogP contribution in [-0.4, -0.2) is 20.7 Å². The summed E-state index contributed by atoms with van der Waals surface area (Å²) in [5, 5.41) is 10.5. The van der Waals surface area contributed by atoms with Gasteiger partial charge in [0.05, 0.1) is 6.54 Å². The molecule has 100 valence electrons. The number of nitrogens with two attached hydrogens (primary N) is 1. The summed E-state index contributed by atoms with van der Waals surface area (Å²) in [6.07, 6.45) is 2.71. The molecule has 1 amide bonds. The third-order valence-electron chi connectivity index (χ3n) is 2.84. The molecule has 0 spiro atoms. The lowest BCUT2D eigenvalue weighted by atomic mass is 10.1. The predicted molar refractivity (Wildman–Crippen MR) is 72.0 cm³/mol. The van der Waals surface area contributed by atoms with E-state index in [1.54, 1.807) is 10.9 Å². The van der Waals surface area contributed by atoms with Gasteiger partial charge in [0.1, 0.15) is 6.33 Å². The number of nitrogens with zero attached hydrogens (tertiary/aromatic N) is 3. The standard InChI is InChI=1S/C13H17N5O/c1-18-9-16-17-12(18)8-15-13(19)6-5-10-3-2-4-11(14)7-10/h2-4,7,9H,5-6,8,14H2,1H3,(H,15,19). The Morgan fingerprint density at radius 1 is 1.47 bits per heavy atom. The van der Waals surface area contributed by atoms with Crippen molar-refractivity contribution in [2.24, 2.45) is 7.05 Å². The number of benzene rings is 1. The molecule has 6 heteroatoms. The first-order chi connectivity index (χ1) is 9.15. The van der Waals surface area contributed by atoms with Crippen molar-refractivity contribution in [1.29, 1.82) is 0 Å². The smallest absolute Gasteiger partial charge is 0.220 e. The molecule has 0 aliphatic heterocycles. The van der Waals surface area contributed by atoms with Crippen LogP contribution in [0.3, 0.4) is 0 Å². The molecule has 0 aliphatic carbocycles. The number of hydrogen-bond acceptors (Lipinski definition) is 4. The van der Waals surface area contributed by atoms with Crippen molar-refractivity contribution in [3.05, 3.63) is 42.0 Å². The molecule has 0 saturated heterocycles. The lowest BCUT2D eigenvalue weighted by Gasteiger charge is -2.05. The van der Waals surface area contributed by atoms with Crippen LogP contribution in [0, 0.1) is 0 Å². The van der Waals surface area contributed by atoms with Gasteiger partial charge in [-0.05, 0) is 24.1 Å². The summed E-state index contributed by atoms with van der Waals surface area (Å²) >= 11 is 0. The maximum atomic E-state index is 11.7. The van der Waals surface area contributed by atoms with E-state index in [-0.39, 0.29) is 5.91 Å². The fourth-order valence-corrected chi connectivity index (χ4v) is 1.74. The molecule has 2 aromatic rings. The van der Waals surface area contributed by atoms with Crippen molar-refractivity contribution >= 4 is 11.6 Å². The molecule has 0 radical (unpaired) electrons. The highest BCUT2D eigenvalue weighted by Gasteiger charge is 2.05. The largest absolute Gasteiger partial charge is 0.399 e. The number of anilines is 1. The Balaban J connectivity index is 1.77. The van der Waals surface area contributed by atoms with Gasteiger partial charge in [0.15, 0.2) is 5.82 Å². The van der Waals surface area contributed by atoms with Gasteiger partial charge in [-0.15, -0.1) is 10.2 Å². The minimum Gasteiger partial charge on any atom is -0.399 e. The van der Waals surface area contributed by atoms with E-state index in [9.17, 15) is 4.79 Å². The lowest BCUT2D eigenvalue weighted by Crippen LogP contribution is -2.24. The number of aromatic nitrogens is 3. The second-order valence-corrected chi connectivity index (χ2v) is 4.38. The third kappa shape index (κ3) is 3.80. The molecule has 0 aliphatic rings. The van der Waals surface area contributed by atoms with Crippen LogP contribution in [0.1, 0.15) is 17.8 Å². The Morgan fingerprint density at radius 2 is 2.32 bits per heavy atom. The van der Waals surface area contributed by atoms with Gasteiger partial charge in [0.2, 0.25) is 5.91 Å². The highest BCUT2D eigenvalue weighted by molar-refractivity contribution is 5.76. The molecule has 1 heterocycles. The van der Waals surface area contributed by atoms with Crippen molar-refractivity contribution in [2.45, 2.75) is 19.4 Å². The number of carbonyl (C=O) groups is 1. The van der Waals surface area contributed by atoms with Gasteiger partial charge in [-0.1, -0.05) is 12.1 Å². The molecule has 3 N–H and O–H groups in total. The molecule has 6 nitrogen and oxygen atoms in total. The van der Waals surface area contributed by atoms with Crippen molar-refractivity contribution in [3.63, 3.8) is 0 Å². The third-order valence-corrected chi connectivity index (χ3v) is 2.84. The van der Waals surface area contributed by atoms with Crippen LogP contribution < -0.4 is 11.1 Å². The van der Waals surface area contributed by atoms with Gasteiger partial charge in [-0.2, -0.15) is 0 Å². The Kier molecular flexibility index (Phi) is 4.12. The van der Waals surface area contributed by atoms with E-state index in [0.717, 1.165) is 17.1 Å². The lowest BCUT2D eigenvalue weighted by molar-refractivity contribution is -0.121. The predicted octanol–water partition coefficient (Wildman–Crippen LogP) is 0.646. The highest BCUT2D eigenvalue weighted by Crippen LogP contribution is 2.08. The van der Waals surface area contributed by atoms with Gasteiger partial charge < -0.3 is 15.6 Å². The second kappa shape index (κ2) is 5.99. The maximum Gasteiger partial charge on any atom is 0.220 e. The molecular formula is C13H17N5O. The Morgan fingerprint density at radius 3 is 3.00 bits per heavy atom. The normalized spacial score (nSPS) is 10.4. The number of nitrogens with one attached hydrogen (secondary N) is 1. The van der Waals surface area contributed by atoms with Crippen LogP contribution >= 0.6 is 0 Å². The topological polar surface area (TPSA) is 85.8 Å². The summed E-state index contributed by atoms with van der Waals surface area (Å²) in [5.41, 5.74) is 7.47. The van der Waals surface area contributed by atoms with Crippen LogP contribution in [0.5, 0.6) is 0 Å². The average molecular weight is 259 g/mol. The monoisotopic (exact) mass is 259 g/mol. The first kappa shape index (κ1) is 13.1. The zero-order valence-electron chi connectivity index (χ0n) is 10.8. The first-order valence-electron chi connectivity index (χ1n) is 6.09. The van der Waals surface area contributed by atoms with Crippen LogP contribution in [0.4, 0.5) is 5.69 Å². The minimum atomic E-state index is -0.00887. The number of carbonyl (C=O) groups excluding carboxylic acids is 1. The van der Waals surface area contributed by atoms with E-state index in [2.05, 4.69) is 15.5 Å². The van der Waals surface area contributed by atoms with E-state index >= 15 is 0 Å². The quantitative estimate of drug-likeness (QED) is 0.772. The van der Waals surface area contributed by atoms with Gasteiger partial charge >= 0.3 is 0 Å². The zero-order chi connectivity index (χ0) is 13.7. The zero-order valence-corrected chi connectivity index (χ0v) is 10.8. The van der Waals surface area contributed by atoms with Crippen LogP contribution in [0.2, 0.25) is 0 Å². The molecule has 0 fully saturated rings. The summed E-state index contributed by atoms with van der Waals surface area (Å²) in [6, 6.07) is 7.57. The van der Waals surface area contributed by atoms with Crippen molar-refractivity contribution in [1.82, 2.24) is 20.1 Å². The highest BCUT2D eigenvalue weighted by atomic mass is 16.1. The van der Waals surface area contributed by atoms with Gasteiger partial charge in [-0.25, -0.2) is 0 Å². The molecule has 0 bridgehead atoms. The van der Waals surface area contributed by atoms with E-state index in [4.69, 9.17) is 5.73 Å². The molecule has 0 unspecified atom stereocenters. The fraction of sp³-hybridized carbons (Fsp3) is 0.308. The molecular weight excluding hydrogens is 242 g/mol. The molecule has 2 rings (SSSR count). The van der Waals surface area contributed by atoms with Gasteiger partial charge in [0, 0.05) is 19.2 Å². The van der Waals surface area contributed by atoms with Crippen LogP contribution in [0.25, 0.3) is 0 Å². The summed E-state index contributed by atoms with van der Waals surface area (Å²) in [5.74, 6) is 0.725.